The standard InChI is InChI=1S/C16H22N2OS/c1-11-8-12(2)10-18(9-11)16(20)17-15-6-4-14(5-7-15)13(3)19/h4-7,11-12H,8-10H2,1-3H3,(H,17,20)/t11-,12+. The Balaban J connectivity index is 1.98. The number of carbonyl (C=O) groups is 1. The van der Waals surface area contributed by atoms with E-state index in [0.717, 1.165) is 29.5 Å². The maximum atomic E-state index is 11.2. The second-order valence-electron chi connectivity index (χ2n) is 5.91. The molecule has 1 saturated heterocycles. The number of anilines is 1. The molecule has 1 N–H and O–H groups in total. The minimum Gasteiger partial charge on any atom is -0.348 e. The summed E-state index contributed by atoms with van der Waals surface area (Å²) in [5.41, 5.74) is 1.66. The SMILES string of the molecule is CC(=O)c1ccc(NC(=S)N2C[C@H](C)C[C@H](C)C2)cc1. The van der Waals surface area contributed by atoms with E-state index in [-0.39, 0.29) is 5.78 Å². The fraction of sp³-hybridized carbons (Fsp3) is 0.500. The highest BCUT2D eigenvalue weighted by Crippen LogP contribution is 2.22. The molecule has 0 radical (unpaired) electrons. The van der Waals surface area contributed by atoms with E-state index in [1.165, 1.54) is 6.42 Å². The molecule has 0 spiro atoms. The minimum absolute atomic E-state index is 0.0813. The van der Waals surface area contributed by atoms with Crippen LogP contribution in [0.4, 0.5) is 5.69 Å². The van der Waals surface area contributed by atoms with Crippen LogP contribution in [0, 0.1) is 11.8 Å². The fourth-order valence-corrected chi connectivity index (χ4v) is 3.09. The highest BCUT2D eigenvalue weighted by Gasteiger charge is 2.23. The van der Waals surface area contributed by atoms with Gasteiger partial charge in [0.1, 0.15) is 0 Å². The van der Waals surface area contributed by atoms with Crippen molar-refractivity contribution >= 4 is 28.8 Å². The molecule has 2 rings (SSSR count). The van der Waals surface area contributed by atoms with Crippen LogP contribution in [0.3, 0.4) is 0 Å². The number of carbonyl (C=O) groups excluding carboxylic acids is 1. The number of benzene rings is 1. The van der Waals surface area contributed by atoms with Gasteiger partial charge < -0.3 is 10.2 Å². The zero-order valence-electron chi connectivity index (χ0n) is 12.3. The molecule has 0 aromatic heterocycles. The Morgan fingerprint density at radius 3 is 2.25 bits per heavy atom. The third-order valence-corrected chi connectivity index (χ3v) is 4.06. The first-order valence-corrected chi connectivity index (χ1v) is 7.53. The van der Waals surface area contributed by atoms with Crippen molar-refractivity contribution in [1.29, 1.82) is 0 Å². The Morgan fingerprint density at radius 1 is 1.20 bits per heavy atom. The molecule has 20 heavy (non-hydrogen) atoms. The lowest BCUT2D eigenvalue weighted by atomic mass is 9.92. The van der Waals surface area contributed by atoms with Crippen molar-refractivity contribution in [1.82, 2.24) is 4.90 Å². The molecule has 0 amide bonds. The van der Waals surface area contributed by atoms with E-state index in [2.05, 4.69) is 24.1 Å². The van der Waals surface area contributed by atoms with E-state index in [1.54, 1.807) is 6.92 Å². The molecule has 1 fully saturated rings. The van der Waals surface area contributed by atoms with Gasteiger partial charge in [-0.1, -0.05) is 13.8 Å². The number of hydrogen-bond acceptors (Lipinski definition) is 2. The quantitative estimate of drug-likeness (QED) is 0.667. The summed E-state index contributed by atoms with van der Waals surface area (Å²) < 4.78 is 0. The van der Waals surface area contributed by atoms with Gasteiger partial charge in [0.2, 0.25) is 0 Å². The van der Waals surface area contributed by atoms with Gasteiger partial charge in [0.25, 0.3) is 0 Å². The Labute approximate surface area is 126 Å². The molecule has 2 atom stereocenters. The maximum Gasteiger partial charge on any atom is 0.173 e. The van der Waals surface area contributed by atoms with Gasteiger partial charge in [0.15, 0.2) is 10.9 Å². The summed E-state index contributed by atoms with van der Waals surface area (Å²) in [6.45, 7) is 8.15. The number of rotatable bonds is 2. The van der Waals surface area contributed by atoms with Crippen LogP contribution in [0.5, 0.6) is 0 Å². The van der Waals surface area contributed by atoms with Crippen LogP contribution >= 0.6 is 12.2 Å². The smallest absolute Gasteiger partial charge is 0.173 e. The molecule has 1 heterocycles. The summed E-state index contributed by atoms with van der Waals surface area (Å²) in [7, 11) is 0. The van der Waals surface area contributed by atoms with Crippen molar-refractivity contribution < 1.29 is 4.79 Å². The topological polar surface area (TPSA) is 32.3 Å². The lowest BCUT2D eigenvalue weighted by molar-refractivity contribution is 0.101. The van der Waals surface area contributed by atoms with E-state index in [1.807, 2.05) is 24.3 Å². The van der Waals surface area contributed by atoms with E-state index in [0.29, 0.717) is 11.8 Å². The number of likely N-dealkylation sites (tertiary alicyclic amines) is 1. The molecule has 3 nitrogen and oxygen atoms in total. The van der Waals surface area contributed by atoms with Crippen molar-refractivity contribution in [2.75, 3.05) is 18.4 Å². The van der Waals surface area contributed by atoms with Crippen LogP contribution in [0.15, 0.2) is 24.3 Å². The van der Waals surface area contributed by atoms with E-state index >= 15 is 0 Å². The van der Waals surface area contributed by atoms with Crippen LogP contribution in [0.25, 0.3) is 0 Å². The molecule has 0 aliphatic carbocycles. The molecular formula is C16H22N2OS. The average Bonchev–Trinajstić information content (AvgIpc) is 2.38. The van der Waals surface area contributed by atoms with Crippen LogP contribution in [0.2, 0.25) is 0 Å². The molecular weight excluding hydrogens is 268 g/mol. The van der Waals surface area contributed by atoms with Crippen LogP contribution < -0.4 is 5.32 Å². The first kappa shape index (κ1) is 15.0. The highest BCUT2D eigenvalue weighted by atomic mass is 32.1. The summed E-state index contributed by atoms with van der Waals surface area (Å²) in [4.78, 5) is 13.5. The van der Waals surface area contributed by atoms with Crippen LogP contribution in [-0.4, -0.2) is 28.9 Å². The summed E-state index contributed by atoms with van der Waals surface area (Å²) in [6.07, 6.45) is 1.27. The number of nitrogens with zero attached hydrogens (tertiary/aromatic N) is 1. The van der Waals surface area contributed by atoms with Crippen molar-refractivity contribution in [3.63, 3.8) is 0 Å². The Hall–Kier alpha value is -1.42. The molecule has 1 aromatic rings. The van der Waals surface area contributed by atoms with Crippen LogP contribution in [0.1, 0.15) is 37.6 Å². The van der Waals surface area contributed by atoms with Gasteiger partial charge in [-0.25, -0.2) is 0 Å². The average molecular weight is 290 g/mol. The number of hydrogen-bond donors (Lipinski definition) is 1. The van der Waals surface area contributed by atoms with E-state index in [4.69, 9.17) is 12.2 Å². The summed E-state index contributed by atoms with van der Waals surface area (Å²) in [5.74, 6) is 1.44. The second-order valence-corrected chi connectivity index (χ2v) is 6.30. The van der Waals surface area contributed by atoms with Crippen molar-refractivity contribution in [2.24, 2.45) is 11.8 Å². The van der Waals surface area contributed by atoms with Gasteiger partial charge in [-0.15, -0.1) is 0 Å². The molecule has 1 aromatic carbocycles. The first-order chi connectivity index (χ1) is 9.45. The number of nitrogens with one attached hydrogen (secondary N) is 1. The molecule has 4 heteroatoms. The summed E-state index contributed by atoms with van der Waals surface area (Å²) in [5, 5.41) is 4.04. The van der Waals surface area contributed by atoms with Crippen LogP contribution in [-0.2, 0) is 0 Å². The van der Waals surface area contributed by atoms with E-state index in [9.17, 15) is 4.79 Å². The molecule has 1 aliphatic heterocycles. The molecule has 0 unspecified atom stereocenters. The third-order valence-electron chi connectivity index (χ3n) is 3.70. The Kier molecular flexibility index (Phi) is 4.76. The fourth-order valence-electron chi connectivity index (χ4n) is 2.82. The van der Waals surface area contributed by atoms with Gasteiger partial charge in [-0.3, -0.25) is 4.79 Å². The van der Waals surface area contributed by atoms with Crippen molar-refractivity contribution in [2.45, 2.75) is 27.2 Å². The van der Waals surface area contributed by atoms with Gasteiger partial charge in [0.05, 0.1) is 0 Å². The van der Waals surface area contributed by atoms with Gasteiger partial charge in [0, 0.05) is 24.3 Å². The normalized spacial score (nSPS) is 22.4. The largest absolute Gasteiger partial charge is 0.348 e. The monoisotopic (exact) mass is 290 g/mol. The molecule has 1 aliphatic rings. The molecule has 0 bridgehead atoms. The molecule has 0 saturated carbocycles. The number of ketones is 1. The number of piperidine rings is 1. The van der Waals surface area contributed by atoms with E-state index < -0.39 is 0 Å². The predicted molar refractivity (Wildman–Crippen MR) is 87.2 cm³/mol. The Morgan fingerprint density at radius 2 is 1.75 bits per heavy atom. The predicted octanol–water partition coefficient (Wildman–Crippen LogP) is 3.56. The zero-order valence-corrected chi connectivity index (χ0v) is 13.2. The van der Waals surface area contributed by atoms with Gasteiger partial charge >= 0.3 is 0 Å². The zero-order chi connectivity index (χ0) is 14.7. The molecule has 108 valence electrons. The number of Topliss-reactive ketones (excluding diaryl/α,β-unsaturated/α-hetero) is 1. The minimum atomic E-state index is 0.0813. The summed E-state index contributed by atoms with van der Waals surface area (Å²) >= 11 is 5.49. The van der Waals surface area contributed by atoms with Gasteiger partial charge in [-0.2, -0.15) is 0 Å². The Bertz CT molecular complexity index is 488. The maximum absolute atomic E-state index is 11.2. The lowest BCUT2D eigenvalue weighted by Gasteiger charge is -2.36. The third kappa shape index (κ3) is 3.79. The second kappa shape index (κ2) is 6.35. The van der Waals surface area contributed by atoms with Crippen molar-refractivity contribution in [3.05, 3.63) is 29.8 Å². The summed E-state index contributed by atoms with van der Waals surface area (Å²) in [6, 6.07) is 7.46. The van der Waals surface area contributed by atoms with Crippen molar-refractivity contribution in [3.8, 4) is 0 Å². The lowest BCUT2D eigenvalue weighted by Crippen LogP contribution is -2.44. The number of thiocarbonyl (C=S) groups is 1. The van der Waals surface area contributed by atoms with Gasteiger partial charge in [-0.05, 0) is 61.7 Å². The highest BCUT2D eigenvalue weighted by molar-refractivity contribution is 7.80. The first-order valence-electron chi connectivity index (χ1n) is 7.12.